The van der Waals surface area contributed by atoms with E-state index in [1.54, 1.807) is 19.3 Å². The second-order valence-corrected chi connectivity index (χ2v) is 3.75. The van der Waals surface area contributed by atoms with Crippen LogP contribution in [0.25, 0.3) is 10.9 Å². The van der Waals surface area contributed by atoms with Crippen molar-refractivity contribution in [3.63, 3.8) is 0 Å². The molecule has 0 aliphatic carbocycles. The van der Waals surface area contributed by atoms with Crippen molar-refractivity contribution in [1.29, 1.82) is 0 Å². The molecule has 0 fully saturated rings. The lowest BCUT2D eigenvalue weighted by Crippen LogP contribution is -2.29. The number of benzene rings is 1. The number of likely N-dealkylation sites (N-methyl/N-ethyl adjacent to an activating group) is 1. The van der Waals surface area contributed by atoms with Gasteiger partial charge in [0.05, 0.1) is 17.8 Å². The molecule has 0 aliphatic heterocycles. The highest BCUT2D eigenvalue weighted by Crippen LogP contribution is 2.24. The SMILES string of the molecule is CNCC(O)C(O)c1cccc2cn[nH]c12. The number of nitrogens with one attached hydrogen (secondary N) is 2. The lowest BCUT2D eigenvalue weighted by Gasteiger charge is -2.18. The van der Waals surface area contributed by atoms with Crippen LogP contribution < -0.4 is 5.32 Å². The van der Waals surface area contributed by atoms with Crippen LogP contribution in [-0.4, -0.2) is 40.1 Å². The number of aliphatic hydroxyl groups excluding tert-OH is 2. The van der Waals surface area contributed by atoms with Crippen molar-refractivity contribution >= 4 is 10.9 Å². The molecule has 0 aliphatic rings. The molecule has 0 spiro atoms. The molecule has 0 radical (unpaired) electrons. The molecular formula is C11H15N3O2. The molecule has 0 bridgehead atoms. The molecule has 0 amide bonds. The number of H-pyrrole nitrogens is 1. The summed E-state index contributed by atoms with van der Waals surface area (Å²) in [7, 11) is 1.73. The average molecular weight is 221 g/mol. The van der Waals surface area contributed by atoms with E-state index in [9.17, 15) is 10.2 Å². The molecule has 1 aromatic carbocycles. The van der Waals surface area contributed by atoms with Crippen molar-refractivity contribution in [1.82, 2.24) is 15.5 Å². The molecule has 86 valence electrons. The maximum absolute atomic E-state index is 10.00. The standard InChI is InChI=1S/C11H15N3O2/c1-12-6-9(15)11(16)8-4-2-3-7-5-13-14-10(7)8/h2-5,9,11-12,15-16H,6H2,1H3,(H,13,14). The number of rotatable bonds is 4. The minimum atomic E-state index is -0.920. The van der Waals surface area contributed by atoms with Gasteiger partial charge in [-0.05, 0) is 7.05 Å². The molecule has 2 unspecified atom stereocenters. The van der Waals surface area contributed by atoms with Crippen LogP contribution in [0.15, 0.2) is 24.4 Å². The number of fused-ring (bicyclic) bond motifs is 1. The fourth-order valence-electron chi connectivity index (χ4n) is 1.77. The van der Waals surface area contributed by atoms with Gasteiger partial charge in [0.2, 0.25) is 0 Å². The smallest absolute Gasteiger partial charge is 0.108 e. The van der Waals surface area contributed by atoms with Gasteiger partial charge in [-0.2, -0.15) is 5.10 Å². The normalized spacial score (nSPS) is 15.2. The van der Waals surface area contributed by atoms with Crippen LogP contribution in [0, 0.1) is 0 Å². The maximum Gasteiger partial charge on any atom is 0.108 e. The van der Waals surface area contributed by atoms with Gasteiger partial charge in [0.15, 0.2) is 0 Å². The summed E-state index contributed by atoms with van der Waals surface area (Å²) >= 11 is 0. The lowest BCUT2D eigenvalue weighted by molar-refractivity contribution is 0.0210. The van der Waals surface area contributed by atoms with Crippen LogP contribution in [0.1, 0.15) is 11.7 Å². The number of hydrogen-bond acceptors (Lipinski definition) is 4. The first-order chi connectivity index (χ1) is 7.74. The maximum atomic E-state index is 10.00. The number of nitrogens with zero attached hydrogens (tertiary/aromatic N) is 1. The predicted molar refractivity (Wildman–Crippen MR) is 61.0 cm³/mol. The topological polar surface area (TPSA) is 81.2 Å². The minimum absolute atomic E-state index is 0.339. The van der Waals surface area contributed by atoms with E-state index in [-0.39, 0.29) is 0 Å². The zero-order valence-electron chi connectivity index (χ0n) is 9.01. The quantitative estimate of drug-likeness (QED) is 0.593. The summed E-state index contributed by atoms with van der Waals surface area (Å²) in [4.78, 5) is 0. The Kier molecular flexibility index (Phi) is 3.19. The Bertz CT molecular complexity index is 469. The first-order valence-electron chi connectivity index (χ1n) is 5.16. The summed E-state index contributed by atoms with van der Waals surface area (Å²) < 4.78 is 0. The molecule has 2 aromatic rings. The van der Waals surface area contributed by atoms with Crippen LogP contribution in [0.4, 0.5) is 0 Å². The van der Waals surface area contributed by atoms with Gasteiger partial charge >= 0.3 is 0 Å². The number of aromatic amines is 1. The van der Waals surface area contributed by atoms with Crippen LogP contribution >= 0.6 is 0 Å². The van der Waals surface area contributed by atoms with Crippen molar-refractivity contribution in [3.8, 4) is 0 Å². The third kappa shape index (κ3) is 1.92. The van der Waals surface area contributed by atoms with Crippen LogP contribution in [0.5, 0.6) is 0 Å². The molecule has 0 saturated carbocycles. The van der Waals surface area contributed by atoms with Crippen LogP contribution in [0.2, 0.25) is 0 Å². The Morgan fingerprint density at radius 3 is 3.00 bits per heavy atom. The van der Waals surface area contributed by atoms with Crippen molar-refractivity contribution in [2.75, 3.05) is 13.6 Å². The third-order valence-electron chi connectivity index (χ3n) is 2.61. The van der Waals surface area contributed by atoms with E-state index in [4.69, 9.17) is 0 Å². The van der Waals surface area contributed by atoms with Gasteiger partial charge in [-0.25, -0.2) is 0 Å². The van der Waals surface area contributed by atoms with E-state index in [0.717, 1.165) is 10.9 Å². The number of hydrogen-bond donors (Lipinski definition) is 4. The van der Waals surface area contributed by atoms with Crippen molar-refractivity contribution in [2.24, 2.45) is 0 Å². The summed E-state index contributed by atoms with van der Waals surface area (Å²) in [6, 6.07) is 5.52. The van der Waals surface area contributed by atoms with Gasteiger partial charge in [-0.15, -0.1) is 0 Å². The highest BCUT2D eigenvalue weighted by Gasteiger charge is 2.20. The molecule has 0 saturated heterocycles. The van der Waals surface area contributed by atoms with E-state index in [2.05, 4.69) is 15.5 Å². The van der Waals surface area contributed by atoms with Crippen LogP contribution in [0.3, 0.4) is 0 Å². The summed E-state index contributed by atoms with van der Waals surface area (Å²) in [5.74, 6) is 0. The minimum Gasteiger partial charge on any atom is -0.389 e. The molecular weight excluding hydrogens is 206 g/mol. The van der Waals surface area contributed by atoms with Gasteiger partial charge < -0.3 is 15.5 Å². The van der Waals surface area contributed by atoms with E-state index in [1.165, 1.54) is 0 Å². The molecule has 16 heavy (non-hydrogen) atoms. The monoisotopic (exact) mass is 221 g/mol. The molecule has 4 N–H and O–H groups in total. The third-order valence-corrected chi connectivity index (χ3v) is 2.61. The molecule has 2 atom stereocenters. The summed E-state index contributed by atoms with van der Waals surface area (Å²) in [6.07, 6.45) is -0.0637. The second-order valence-electron chi connectivity index (χ2n) is 3.75. The van der Waals surface area contributed by atoms with Crippen molar-refractivity contribution in [3.05, 3.63) is 30.0 Å². The van der Waals surface area contributed by atoms with Gasteiger partial charge in [0, 0.05) is 17.5 Å². The Balaban J connectivity index is 2.35. The van der Waals surface area contributed by atoms with Crippen molar-refractivity contribution in [2.45, 2.75) is 12.2 Å². The molecule has 5 nitrogen and oxygen atoms in total. The van der Waals surface area contributed by atoms with Gasteiger partial charge in [0.25, 0.3) is 0 Å². The summed E-state index contributed by atoms with van der Waals surface area (Å²) in [5, 5.41) is 30.2. The average Bonchev–Trinajstić information content (AvgIpc) is 2.76. The lowest BCUT2D eigenvalue weighted by atomic mass is 10.0. The Morgan fingerprint density at radius 1 is 1.44 bits per heavy atom. The Morgan fingerprint density at radius 2 is 2.25 bits per heavy atom. The van der Waals surface area contributed by atoms with Gasteiger partial charge in [-0.3, -0.25) is 5.10 Å². The summed E-state index contributed by atoms with van der Waals surface area (Å²) in [5.41, 5.74) is 1.43. The van der Waals surface area contributed by atoms with Gasteiger partial charge in [-0.1, -0.05) is 18.2 Å². The number of aromatic nitrogens is 2. The number of para-hydroxylation sites is 1. The van der Waals surface area contributed by atoms with Crippen molar-refractivity contribution < 1.29 is 10.2 Å². The molecule has 5 heteroatoms. The van der Waals surface area contributed by atoms with E-state index >= 15 is 0 Å². The Hall–Kier alpha value is -1.43. The fourth-order valence-corrected chi connectivity index (χ4v) is 1.77. The second kappa shape index (κ2) is 4.61. The first kappa shape index (κ1) is 11.1. The highest BCUT2D eigenvalue weighted by molar-refractivity contribution is 5.81. The zero-order chi connectivity index (χ0) is 11.5. The number of aliphatic hydroxyl groups is 2. The van der Waals surface area contributed by atoms with Gasteiger partial charge in [0.1, 0.15) is 6.10 Å². The van der Waals surface area contributed by atoms with Crippen LogP contribution in [-0.2, 0) is 0 Å². The zero-order valence-corrected chi connectivity index (χ0v) is 9.01. The summed E-state index contributed by atoms with van der Waals surface area (Å²) in [6.45, 7) is 0.339. The largest absolute Gasteiger partial charge is 0.389 e. The fraction of sp³-hybridized carbons (Fsp3) is 0.364. The van der Waals surface area contributed by atoms with E-state index in [1.807, 2.05) is 12.1 Å². The Labute approximate surface area is 93.1 Å². The van der Waals surface area contributed by atoms with E-state index in [0.29, 0.717) is 12.1 Å². The molecule has 2 rings (SSSR count). The first-order valence-corrected chi connectivity index (χ1v) is 5.16. The van der Waals surface area contributed by atoms with E-state index < -0.39 is 12.2 Å². The molecule has 1 aromatic heterocycles. The predicted octanol–water partition coefficient (Wildman–Crippen LogP) is 0.177. The highest BCUT2D eigenvalue weighted by atomic mass is 16.3. The molecule has 1 heterocycles.